The minimum Gasteiger partial charge on any atom is -0.489 e. The van der Waals surface area contributed by atoms with Crippen molar-refractivity contribution in [2.24, 2.45) is 5.92 Å². The maximum Gasteiger partial charge on any atom is 0.179 e. The fraction of sp³-hybridized carbons (Fsp3) is 0.529. The number of rotatable bonds is 7. The van der Waals surface area contributed by atoms with Crippen LogP contribution in [0.1, 0.15) is 42.5 Å². The predicted molar refractivity (Wildman–Crippen MR) is 98.8 cm³/mol. The van der Waals surface area contributed by atoms with Crippen LogP contribution in [-0.2, 0) is 16.4 Å². The first-order valence-corrected chi connectivity index (χ1v) is 11.0. The van der Waals surface area contributed by atoms with Crippen molar-refractivity contribution < 1.29 is 17.9 Å². The van der Waals surface area contributed by atoms with Crippen LogP contribution < -0.4 is 4.74 Å². The topological polar surface area (TPSA) is 104 Å². The van der Waals surface area contributed by atoms with Crippen molar-refractivity contribution in [2.75, 3.05) is 12.9 Å². The van der Waals surface area contributed by atoms with E-state index < -0.39 is 9.84 Å². The van der Waals surface area contributed by atoms with Crippen LogP contribution in [0.25, 0.3) is 0 Å². The predicted octanol–water partition coefficient (Wildman–Crippen LogP) is 2.57. The van der Waals surface area contributed by atoms with E-state index >= 15 is 0 Å². The molecule has 0 amide bonds. The minimum absolute atomic E-state index is 0.000872. The summed E-state index contributed by atoms with van der Waals surface area (Å²) in [6.07, 6.45) is 7.20. The van der Waals surface area contributed by atoms with Crippen LogP contribution in [-0.4, -0.2) is 47.3 Å². The normalized spacial score (nSPS) is 15.6. The number of hydrogen-bond donors (Lipinski definition) is 0. The van der Waals surface area contributed by atoms with Crippen LogP contribution in [0.3, 0.4) is 0 Å². The van der Waals surface area contributed by atoms with Gasteiger partial charge in [0.05, 0.1) is 11.6 Å². The molecule has 0 radical (unpaired) electrons. The molecular weight excluding hydrogens is 392 g/mol. The van der Waals surface area contributed by atoms with Gasteiger partial charge in [0.2, 0.25) is 0 Å². The Balaban J connectivity index is 1.88. The summed E-state index contributed by atoms with van der Waals surface area (Å²) in [4.78, 5) is 14.1. The van der Waals surface area contributed by atoms with E-state index in [2.05, 4.69) is 15.4 Å². The molecule has 1 heterocycles. The fourth-order valence-corrected chi connectivity index (χ4v) is 4.44. The molecule has 2 aromatic rings. The molecule has 146 valence electrons. The van der Waals surface area contributed by atoms with Gasteiger partial charge in [0.25, 0.3) is 0 Å². The van der Waals surface area contributed by atoms with E-state index in [1.54, 1.807) is 0 Å². The molecule has 1 fully saturated rings. The Morgan fingerprint density at radius 2 is 2.04 bits per heavy atom. The largest absolute Gasteiger partial charge is 0.489 e. The first-order valence-electron chi connectivity index (χ1n) is 8.78. The van der Waals surface area contributed by atoms with Crippen molar-refractivity contribution in [2.45, 2.75) is 43.5 Å². The van der Waals surface area contributed by atoms with E-state index in [9.17, 15) is 13.2 Å². The van der Waals surface area contributed by atoms with Gasteiger partial charge < -0.3 is 4.74 Å². The zero-order valence-corrected chi connectivity index (χ0v) is 16.5. The van der Waals surface area contributed by atoms with Gasteiger partial charge >= 0.3 is 0 Å². The molecule has 1 saturated carbocycles. The molecule has 1 aliphatic carbocycles. The molecule has 27 heavy (non-hydrogen) atoms. The van der Waals surface area contributed by atoms with Crippen molar-refractivity contribution >= 4 is 27.2 Å². The summed E-state index contributed by atoms with van der Waals surface area (Å²) in [7, 11) is -3.58. The van der Waals surface area contributed by atoms with E-state index in [1.165, 1.54) is 23.3 Å². The second-order valence-electron chi connectivity index (χ2n) is 6.61. The number of sulfone groups is 1. The number of ketones is 1. The number of aromatic nitrogens is 4. The minimum atomic E-state index is -3.58. The number of halogens is 1. The molecule has 8 nitrogen and oxygen atoms in total. The summed E-state index contributed by atoms with van der Waals surface area (Å²) in [6.45, 7) is 0.347. The zero-order valence-electron chi connectivity index (χ0n) is 15.0. The third-order valence-electron chi connectivity index (χ3n) is 4.63. The smallest absolute Gasteiger partial charge is 0.179 e. The van der Waals surface area contributed by atoms with Gasteiger partial charge in [-0.1, -0.05) is 30.9 Å². The second-order valence-corrected chi connectivity index (χ2v) is 8.97. The lowest BCUT2D eigenvalue weighted by Gasteiger charge is -2.22. The number of benzene rings is 1. The molecule has 0 spiro atoms. The Hall–Kier alpha value is -2.00. The summed E-state index contributed by atoms with van der Waals surface area (Å²) in [5.41, 5.74) is 0.310. The number of tetrazole rings is 1. The maximum absolute atomic E-state index is 12.9. The van der Waals surface area contributed by atoms with Gasteiger partial charge in [0, 0.05) is 17.7 Å². The van der Waals surface area contributed by atoms with Crippen LogP contribution in [0.4, 0.5) is 0 Å². The van der Waals surface area contributed by atoms with Crippen molar-refractivity contribution in [3.8, 4) is 5.75 Å². The maximum atomic E-state index is 12.9. The van der Waals surface area contributed by atoms with Crippen LogP contribution in [0, 0.1) is 5.92 Å². The van der Waals surface area contributed by atoms with E-state index in [0.29, 0.717) is 5.56 Å². The number of nitrogens with zero attached hydrogens (tertiary/aromatic N) is 4. The summed E-state index contributed by atoms with van der Waals surface area (Å²) in [6, 6.07) is 2.88. The van der Waals surface area contributed by atoms with E-state index in [-0.39, 0.29) is 40.5 Å². The molecule has 0 N–H and O–H groups in total. The Morgan fingerprint density at radius 1 is 1.30 bits per heavy atom. The Bertz CT molecular complexity index is 909. The van der Waals surface area contributed by atoms with Crippen LogP contribution in [0.15, 0.2) is 23.4 Å². The monoisotopic (exact) mass is 412 g/mol. The van der Waals surface area contributed by atoms with Crippen LogP contribution in [0.5, 0.6) is 5.75 Å². The lowest BCUT2D eigenvalue weighted by molar-refractivity contribution is 0.0889. The van der Waals surface area contributed by atoms with Gasteiger partial charge in [0.15, 0.2) is 27.7 Å². The van der Waals surface area contributed by atoms with Crippen LogP contribution in [0.2, 0.25) is 5.02 Å². The number of carbonyl (C=O) groups is 1. The molecular formula is C17H21ClN4O4S. The summed E-state index contributed by atoms with van der Waals surface area (Å²) in [5, 5.41) is 11.2. The van der Waals surface area contributed by atoms with E-state index in [1.807, 2.05) is 0 Å². The van der Waals surface area contributed by atoms with Crippen LogP contribution >= 0.6 is 11.6 Å². The van der Waals surface area contributed by atoms with Gasteiger partial charge in [-0.05, 0) is 30.2 Å². The number of ether oxygens (including phenoxy) is 1. The van der Waals surface area contributed by atoms with Crippen molar-refractivity contribution in [1.82, 2.24) is 20.2 Å². The number of hydrogen-bond acceptors (Lipinski definition) is 7. The highest BCUT2D eigenvalue weighted by atomic mass is 35.5. The Labute approximate surface area is 162 Å². The summed E-state index contributed by atoms with van der Waals surface area (Å²) in [5.74, 6) is -0.129. The quantitative estimate of drug-likeness (QED) is 0.643. The van der Waals surface area contributed by atoms with Gasteiger partial charge in [-0.15, -0.1) is 10.2 Å². The summed E-state index contributed by atoms with van der Waals surface area (Å²) >= 11 is 6.43. The molecule has 3 rings (SSSR count). The highest BCUT2D eigenvalue weighted by molar-refractivity contribution is 7.90. The zero-order chi connectivity index (χ0) is 19.4. The first kappa shape index (κ1) is 19.8. The molecule has 0 saturated heterocycles. The SMILES string of the molecule is CS(=O)(=O)c1ccc(C(=O)C2CCCCC2)c(Cl)c1OCCn1ncnn1. The standard InChI is InChI=1S/C17H21ClN4O4S/c1-27(24,25)14-8-7-13(16(23)12-5-3-2-4-6-12)15(18)17(14)26-10-9-22-20-11-19-21-22/h7-8,11-12H,2-6,9-10H2,1H3. The van der Waals surface area contributed by atoms with Gasteiger partial charge in [-0.25, -0.2) is 8.42 Å². The average Bonchev–Trinajstić information content (AvgIpc) is 3.15. The molecule has 0 atom stereocenters. The molecule has 1 aromatic carbocycles. The highest BCUT2D eigenvalue weighted by Gasteiger charge is 2.28. The third-order valence-corrected chi connectivity index (χ3v) is 6.13. The second kappa shape index (κ2) is 8.35. The highest BCUT2D eigenvalue weighted by Crippen LogP contribution is 2.38. The molecule has 0 unspecified atom stereocenters. The molecule has 1 aliphatic rings. The third kappa shape index (κ3) is 4.65. The Morgan fingerprint density at radius 3 is 2.67 bits per heavy atom. The lowest BCUT2D eigenvalue weighted by atomic mass is 9.84. The van der Waals surface area contributed by atoms with Gasteiger partial charge in [-0.2, -0.15) is 4.80 Å². The van der Waals surface area contributed by atoms with Gasteiger partial charge in [-0.3, -0.25) is 4.79 Å². The number of Topliss-reactive ketones (excluding diaryl/α,β-unsaturated/α-hetero) is 1. The lowest BCUT2D eigenvalue weighted by Crippen LogP contribution is -2.19. The van der Waals surface area contributed by atoms with Gasteiger partial charge in [0.1, 0.15) is 11.5 Å². The van der Waals surface area contributed by atoms with E-state index in [0.717, 1.165) is 38.4 Å². The van der Waals surface area contributed by atoms with Crippen molar-refractivity contribution in [1.29, 1.82) is 0 Å². The molecule has 10 heteroatoms. The fourth-order valence-electron chi connectivity index (χ4n) is 3.26. The van der Waals surface area contributed by atoms with Crippen molar-refractivity contribution in [3.05, 3.63) is 29.0 Å². The summed E-state index contributed by atoms with van der Waals surface area (Å²) < 4.78 is 29.9. The number of carbonyl (C=O) groups excluding carboxylic acids is 1. The first-order chi connectivity index (χ1) is 12.9. The van der Waals surface area contributed by atoms with E-state index in [4.69, 9.17) is 16.3 Å². The van der Waals surface area contributed by atoms with Crippen molar-refractivity contribution in [3.63, 3.8) is 0 Å². The molecule has 0 bridgehead atoms. The average molecular weight is 413 g/mol. The molecule has 0 aliphatic heterocycles. The molecule has 1 aromatic heterocycles. The Kier molecular flexibility index (Phi) is 6.11.